The van der Waals surface area contributed by atoms with Crippen LogP contribution in [-0.2, 0) is 24.8 Å². The highest BCUT2D eigenvalue weighted by atomic mass is 32.2. The molecule has 3 aliphatic heterocycles. The quantitative estimate of drug-likeness (QED) is 0.375. The number of rotatable bonds is 5. The van der Waals surface area contributed by atoms with E-state index in [1.807, 2.05) is 0 Å². The zero-order chi connectivity index (χ0) is 17.5. The van der Waals surface area contributed by atoms with E-state index in [0.29, 0.717) is 16.5 Å². The summed E-state index contributed by atoms with van der Waals surface area (Å²) in [5.41, 5.74) is -1.42. The molecule has 10 nitrogen and oxygen atoms in total. The maximum absolute atomic E-state index is 11.6. The van der Waals surface area contributed by atoms with E-state index in [4.69, 9.17) is 8.92 Å². The van der Waals surface area contributed by atoms with Gasteiger partial charge >= 0.3 is 0 Å². The van der Waals surface area contributed by atoms with E-state index < -0.39 is 34.7 Å². The highest BCUT2D eigenvalue weighted by Crippen LogP contribution is 2.38. The minimum Gasteiger partial charge on any atom is -0.394 e. The summed E-state index contributed by atoms with van der Waals surface area (Å²) in [4.78, 5) is 12.2. The molecule has 12 heteroatoms. The monoisotopic (exact) mass is 376 g/mol. The number of thioether (sulfide) groups is 1. The highest BCUT2D eigenvalue weighted by Gasteiger charge is 2.53. The molecule has 24 heavy (non-hydrogen) atoms. The summed E-state index contributed by atoms with van der Waals surface area (Å²) < 4.78 is 34.8. The Morgan fingerprint density at radius 3 is 2.88 bits per heavy atom. The van der Waals surface area contributed by atoms with Gasteiger partial charge in [0.15, 0.2) is 17.7 Å². The van der Waals surface area contributed by atoms with Gasteiger partial charge in [0.05, 0.1) is 19.5 Å². The summed E-state index contributed by atoms with van der Waals surface area (Å²) in [5, 5.41) is 21.1. The van der Waals surface area contributed by atoms with Crippen molar-refractivity contribution in [2.45, 2.75) is 23.0 Å². The fraction of sp³-hybridized carbons (Fsp3) is 0.583. The van der Waals surface area contributed by atoms with Crippen LogP contribution in [0.15, 0.2) is 17.7 Å². The van der Waals surface area contributed by atoms with Crippen LogP contribution in [0.4, 0.5) is 0 Å². The lowest BCUT2D eigenvalue weighted by Crippen LogP contribution is -2.50. The molecule has 3 atom stereocenters. The first-order valence-corrected chi connectivity index (χ1v) is 9.90. The van der Waals surface area contributed by atoms with Gasteiger partial charge in [0, 0.05) is 0 Å². The third kappa shape index (κ3) is 2.89. The van der Waals surface area contributed by atoms with E-state index in [1.165, 1.54) is 29.0 Å². The van der Waals surface area contributed by atoms with Gasteiger partial charge in [-0.2, -0.15) is 8.42 Å². The number of fused-ring (bicyclic) bond motifs is 1. The van der Waals surface area contributed by atoms with Gasteiger partial charge in [-0.25, -0.2) is 15.0 Å². The molecule has 0 saturated carbocycles. The number of imidazole rings is 1. The van der Waals surface area contributed by atoms with Crippen molar-refractivity contribution in [3.05, 3.63) is 12.7 Å². The molecule has 0 aliphatic carbocycles. The smallest absolute Gasteiger partial charge is 0.264 e. The molecule has 0 aromatic rings. The summed E-state index contributed by atoms with van der Waals surface area (Å²) >= 11 is 1.28. The lowest BCUT2D eigenvalue weighted by molar-refractivity contribution is -0.106. The Labute approximate surface area is 142 Å². The van der Waals surface area contributed by atoms with Crippen LogP contribution < -0.4 is 0 Å². The van der Waals surface area contributed by atoms with Crippen LogP contribution in [0, 0.1) is 0 Å². The molecule has 0 radical (unpaired) electrons. The molecule has 0 unspecified atom stereocenters. The molecule has 132 valence electrons. The average molecular weight is 376 g/mol. The third-order valence-corrected chi connectivity index (χ3v) is 5.00. The predicted octanol–water partition coefficient (Wildman–Crippen LogP) is -1.12. The summed E-state index contributed by atoms with van der Waals surface area (Å²) in [6, 6.07) is 0. The minimum absolute atomic E-state index is 0.280. The summed E-state index contributed by atoms with van der Waals surface area (Å²) in [5.74, 6) is 0.400. The second-order valence-electron chi connectivity index (χ2n) is 5.30. The van der Waals surface area contributed by atoms with Gasteiger partial charge in [0.1, 0.15) is 29.5 Å². The Bertz CT molecular complexity index is 812. The zero-order valence-electron chi connectivity index (χ0n) is 12.9. The lowest BCUT2D eigenvalue weighted by atomic mass is 10.1. The normalized spacial score (nSPS) is 27.8. The van der Waals surface area contributed by atoms with Crippen molar-refractivity contribution in [3.8, 4) is 11.5 Å². The van der Waals surface area contributed by atoms with E-state index in [0.717, 1.165) is 6.26 Å². The highest BCUT2D eigenvalue weighted by molar-refractivity contribution is 7.98. The van der Waals surface area contributed by atoms with E-state index in [-0.39, 0.29) is 6.61 Å². The summed E-state index contributed by atoms with van der Waals surface area (Å²) in [6.07, 6.45) is 2.96. The van der Waals surface area contributed by atoms with Gasteiger partial charge in [0.25, 0.3) is 10.1 Å². The van der Waals surface area contributed by atoms with Crippen LogP contribution in [0.1, 0.15) is 0 Å². The maximum Gasteiger partial charge on any atom is 0.264 e. The van der Waals surface area contributed by atoms with Gasteiger partial charge in [0.2, 0.25) is 0 Å². The number of hydrogen-bond acceptors (Lipinski definition) is 10. The second-order valence-corrected chi connectivity index (χ2v) is 7.70. The molecular weight excluding hydrogens is 360 g/mol. The van der Waals surface area contributed by atoms with Crippen molar-refractivity contribution in [1.29, 1.82) is 0 Å². The Morgan fingerprint density at radius 1 is 1.50 bits per heavy atom. The van der Waals surface area contributed by atoms with Crippen molar-refractivity contribution in [1.82, 2.24) is 19.5 Å². The molecule has 0 bridgehead atoms. The fourth-order valence-electron chi connectivity index (χ4n) is 2.63. The van der Waals surface area contributed by atoms with Crippen LogP contribution in [0.5, 0.6) is 0 Å². The standard InChI is InChI=1S/C12H16N4O6S2/c1-23-11-8-10(14-5-13-8)15-6-16(11)12(18)4-21-7(3-17)9(12)22-24(2,19)20/h5-7,9,17-18H,3-4H2,1-2H3/t7-,9+,12-/m1/s1. The Kier molecular flexibility index (Phi) is 4.53. The minimum atomic E-state index is -3.90. The largest absolute Gasteiger partial charge is 0.394 e. The van der Waals surface area contributed by atoms with Crippen molar-refractivity contribution in [3.63, 3.8) is 0 Å². The molecule has 3 rings (SSSR count). The van der Waals surface area contributed by atoms with E-state index >= 15 is 0 Å². The van der Waals surface area contributed by atoms with Gasteiger partial charge in [-0.05, 0) is 6.26 Å². The van der Waals surface area contributed by atoms with Crippen molar-refractivity contribution in [2.24, 2.45) is 0 Å². The van der Waals surface area contributed by atoms with E-state index in [9.17, 15) is 18.6 Å². The first-order valence-electron chi connectivity index (χ1n) is 6.86. The number of aliphatic hydroxyl groups is 2. The van der Waals surface area contributed by atoms with Crippen LogP contribution in [0.25, 0.3) is 11.5 Å². The molecule has 3 heterocycles. The Balaban J connectivity index is 2.14. The van der Waals surface area contributed by atoms with Gasteiger partial charge in [-0.1, -0.05) is 0 Å². The maximum atomic E-state index is 11.6. The molecule has 1 fully saturated rings. The van der Waals surface area contributed by atoms with E-state index in [2.05, 4.69) is 15.0 Å². The van der Waals surface area contributed by atoms with Crippen LogP contribution >= 0.6 is 11.8 Å². The molecule has 0 spiro atoms. The van der Waals surface area contributed by atoms with Crippen molar-refractivity contribution < 1.29 is 27.6 Å². The summed E-state index contributed by atoms with van der Waals surface area (Å²) in [7, 11) is -3.90. The summed E-state index contributed by atoms with van der Waals surface area (Å²) in [6.45, 7) is -0.790. The average Bonchev–Trinajstić information content (AvgIpc) is 3.11. The van der Waals surface area contributed by atoms with Crippen LogP contribution in [-0.4, -0.2) is 76.1 Å². The topological polar surface area (TPSA) is 137 Å². The number of nitrogens with zero attached hydrogens (tertiary/aromatic N) is 4. The molecule has 0 aromatic heterocycles. The third-order valence-electron chi connectivity index (χ3n) is 3.67. The fourth-order valence-corrected chi connectivity index (χ4v) is 4.03. The van der Waals surface area contributed by atoms with E-state index in [1.54, 1.807) is 6.26 Å². The first-order chi connectivity index (χ1) is 11.3. The predicted molar refractivity (Wildman–Crippen MR) is 83.0 cm³/mol. The molecule has 0 amide bonds. The molecule has 3 aliphatic rings. The Hall–Kier alpha value is -1.31. The second kappa shape index (κ2) is 6.20. The molecule has 2 N–H and O–H groups in total. The molecule has 0 aromatic carbocycles. The zero-order valence-corrected chi connectivity index (χ0v) is 14.5. The van der Waals surface area contributed by atoms with Crippen LogP contribution in [0.3, 0.4) is 0 Å². The number of hydrogen-bond donors (Lipinski definition) is 2. The van der Waals surface area contributed by atoms with Crippen molar-refractivity contribution in [2.75, 3.05) is 25.7 Å². The number of ether oxygens (including phenoxy) is 1. The lowest BCUT2D eigenvalue weighted by Gasteiger charge is -2.33. The van der Waals surface area contributed by atoms with Gasteiger partial charge in [-0.3, -0.25) is 8.75 Å². The Morgan fingerprint density at radius 2 is 2.25 bits per heavy atom. The number of aromatic nitrogens is 4. The SMILES string of the molecule is CSc1c2ncnc-2ncn1[C@@]1(O)CO[C@H](CO)[C@@H]1OS(C)(=O)=O. The van der Waals surface area contributed by atoms with Gasteiger partial charge < -0.3 is 14.9 Å². The van der Waals surface area contributed by atoms with Crippen molar-refractivity contribution >= 4 is 21.9 Å². The molecule has 1 saturated heterocycles. The first kappa shape index (κ1) is 17.5. The number of aliphatic hydroxyl groups excluding tert-OH is 1. The molecular formula is C12H16N4O6S2. The van der Waals surface area contributed by atoms with Gasteiger partial charge in [-0.15, -0.1) is 11.8 Å². The van der Waals surface area contributed by atoms with Crippen LogP contribution in [0.2, 0.25) is 0 Å².